The molecule has 1 unspecified atom stereocenters. The van der Waals surface area contributed by atoms with Crippen LogP contribution in [-0.4, -0.2) is 36.8 Å². The van der Waals surface area contributed by atoms with Crippen LogP contribution in [0.3, 0.4) is 0 Å². The van der Waals surface area contributed by atoms with Crippen LogP contribution in [-0.2, 0) is 4.79 Å². The third kappa shape index (κ3) is 4.24. The van der Waals surface area contributed by atoms with E-state index in [0.29, 0.717) is 12.6 Å². The zero-order valence-electron chi connectivity index (χ0n) is 7.88. The third-order valence-electron chi connectivity index (χ3n) is 2.30. The van der Waals surface area contributed by atoms with Gasteiger partial charge >= 0.3 is 0 Å². The lowest BCUT2D eigenvalue weighted by Crippen LogP contribution is -2.43. The maximum Gasteiger partial charge on any atom is 0.222 e. The Morgan fingerprint density at radius 1 is 1.54 bits per heavy atom. The molecule has 1 rings (SSSR count). The van der Waals surface area contributed by atoms with Crippen molar-refractivity contribution in [2.75, 3.05) is 19.7 Å². The second kappa shape index (κ2) is 5.94. The Hall–Kier alpha value is -0.610. The van der Waals surface area contributed by atoms with Crippen LogP contribution in [0.2, 0.25) is 0 Å². The molecule has 1 atom stereocenters. The largest absolute Gasteiger partial charge is 0.396 e. The minimum atomic E-state index is -0.0655. The molecule has 1 fully saturated rings. The van der Waals surface area contributed by atoms with Gasteiger partial charge in [0.1, 0.15) is 0 Å². The van der Waals surface area contributed by atoms with Crippen LogP contribution >= 0.6 is 0 Å². The van der Waals surface area contributed by atoms with Crippen LogP contribution < -0.4 is 10.6 Å². The molecule has 0 radical (unpaired) electrons. The summed E-state index contributed by atoms with van der Waals surface area (Å²) in [6.45, 7) is 1.68. The first-order chi connectivity index (χ1) is 6.33. The molecule has 0 bridgehead atoms. The van der Waals surface area contributed by atoms with Gasteiger partial charge in [0.2, 0.25) is 5.91 Å². The summed E-state index contributed by atoms with van der Waals surface area (Å²) in [5.74, 6) is -0.0603. The van der Waals surface area contributed by atoms with Crippen LogP contribution in [0, 0.1) is 0 Å². The number of nitrogens with one attached hydrogen (secondary N) is 2. The van der Waals surface area contributed by atoms with Gasteiger partial charge in [-0.1, -0.05) is 6.42 Å². The molecule has 4 heteroatoms. The molecule has 4 nitrogen and oxygen atoms in total. The van der Waals surface area contributed by atoms with E-state index in [4.69, 9.17) is 5.11 Å². The summed E-state index contributed by atoms with van der Waals surface area (Å²) in [5, 5.41) is 14.6. The standard InChI is InChI=1S/C9H18N2O2/c12-6-4-9(13)11-7-8-3-1-2-5-10-8/h8,10,12H,1-7H2,(H,11,13). The molecular formula is C9H18N2O2. The molecule has 1 amide bonds. The van der Waals surface area contributed by atoms with E-state index in [1.165, 1.54) is 12.8 Å². The monoisotopic (exact) mass is 186 g/mol. The summed E-state index contributed by atoms with van der Waals surface area (Å²) in [6, 6.07) is 0.427. The van der Waals surface area contributed by atoms with E-state index in [-0.39, 0.29) is 18.9 Å². The minimum Gasteiger partial charge on any atom is -0.396 e. The maximum atomic E-state index is 11.0. The van der Waals surface area contributed by atoms with Crippen molar-refractivity contribution in [2.24, 2.45) is 0 Å². The predicted molar refractivity (Wildman–Crippen MR) is 50.4 cm³/mol. The number of carbonyl (C=O) groups is 1. The van der Waals surface area contributed by atoms with Crippen molar-refractivity contribution < 1.29 is 9.90 Å². The zero-order valence-corrected chi connectivity index (χ0v) is 7.88. The Balaban J connectivity index is 2.06. The van der Waals surface area contributed by atoms with Gasteiger partial charge in [-0.25, -0.2) is 0 Å². The molecule has 0 aliphatic carbocycles. The molecule has 0 aromatic carbocycles. The third-order valence-corrected chi connectivity index (χ3v) is 2.30. The van der Waals surface area contributed by atoms with Gasteiger partial charge in [0.15, 0.2) is 0 Å². The Bertz CT molecular complexity index is 156. The molecule has 3 N–H and O–H groups in total. The van der Waals surface area contributed by atoms with Gasteiger partial charge in [0.25, 0.3) is 0 Å². The molecule has 1 aliphatic heterocycles. The Kier molecular flexibility index (Phi) is 4.78. The average molecular weight is 186 g/mol. The number of aliphatic hydroxyl groups is 1. The fourth-order valence-electron chi connectivity index (χ4n) is 1.53. The second-order valence-electron chi connectivity index (χ2n) is 3.42. The number of hydrogen-bond acceptors (Lipinski definition) is 3. The topological polar surface area (TPSA) is 61.4 Å². The number of piperidine rings is 1. The first-order valence-electron chi connectivity index (χ1n) is 4.94. The number of rotatable bonds is 4. The van der Waals surface area contributed by atoms with Crippen molar-refractivity contribution >= 4 is 5.91 Å². The summed E-state index contributed by atoms with van der Waals surface area (Å²) < 4.78 is 0. The normalized spacial score (nSPS) is 22.7. The highest BCUT2D eigenvalue weighted by molar-refractivity contribution is 5.75. The molecule has 13 heavy (non-hydrogen) atoms. The summed E-state index contributed by atoms with van der Waals surface area (Å²) in [6.07, 6.45) is 3.83. The zero-order chi connectivity index (χ0) is 9.52. The Labute approximate surface area is 78.7 Å². The highest BCUT2D eigenvalue weighted by Gasteiger charge is 2.12. The van der Waals surface area contributed by atoms with Crippen LogP contribution in [0.4, 0.5) is 0 Å². The van der Waals surface area contributed by atoms with Crippen molar-refractivity contribution in [3.8, 4) is 0 Å². The SMILES string of the molecule is O=C(CCO)NCC1CCCCN1. The van der Waals surface area contributed by atoms with Crippen molar-refractivity contribution in [3.05, 3.63) is 0 Å². The highest BCUT2D eigenvalue weighted by atomic mass is 16.3. The first kappa shape index (κ1) is 10.5. The van der Waals surface area contributed by atoms with Crippen molar-refractivity contribution in [3.63, 3.8) is 0 Å². The summed E-state index contributed by atoms with van der Waals surface area (Å²) >= 11 is 0. The van der Waals surface area contributed by atoms with E-state index in [2.05, 4.69) is 10.6 Å². The molecule has 1 saturated heterocycles. The second-order valence-corrected chi connectivity index (χ2v) is 3.42. The molecule has 1 aliphatic rings. The van der Waals surface area contributed by atoms with E-state index < -0.39 is 0 Å². The Morgan fingerprint density at radius 3 is 3.00 bits per heavy atom. The van der Waals surface area contributed by atoms with E-state index in [1.807, 2.05) is 0 Å². The van der Waals surface area contributed by atoms with E-state index >= 15 is 0 Å². The van der Waals surface area contributed by atoms with Crippen LogP contribution in [0.1, 0.15) is 25.7 Å². The lowest BCUT2D eigenvalue weighted by atomic mass is 10.1. The summed E-state index contributed by atoms with van der Waals surface area (Å²) in [5.41, 5.74) is 0. The lowest BCUT2D eigenvalue weighted by molar-refractivity contribution is -0.121. The van der Waals surface area contributed by atoms with Gasteiger partial charge in [0, 0.05) is 19.0 Å². The predicted octanol–water partition coefficient (Wildman–Crippen LogP) is -0.373. The van der Waals surface area contributed by atoms with Gasteiger partial charge in [-0.15, -0.1) is 0 Å². The fraction of sp³-hybridized carbons (Fsp3) is 0.889. The number of carbonyl (C=O) groups excluding carboxylic acids is 1. The molecule has 0 aromatic rings. The van der Waals surface area contributed by atoms with Crippen molar-refractivity contribution in [2.45, 2.75) is 31.7 Å². The smallest absolute Gasteiger partial charge is 0.222 e. The Morgan fingerprint density at radius 2 is 2.38 bits per heavy atom. The van der Waals surface area contributed by atoms with Gasteiger partial charge in [-0.3, -0.25) is 4.79 Å². The quantitative estimate of drug-likeness (QED) is 0.561. The summed E-state index contributed by atoms with van der Waals surface area (Å²) in [4.78, 5) is 11.0. The molecule has 0 spiro atoms. The van der Waals surface area contributed by atoms with Crippen molar-refractivity contribution in [1.82, 2.24) is 10.6 Å². The van der Waals surface area contributed by atoms with Crippen LogP contribution in [0.5, 0.6) is 0 Å². The van der Waals surface area contributed by atoms with Crippen LogP contribution in [0.25, 0.3) is 0 Å². The molecule has 76 valence electrons. The lowest BCUT2D eigenvalue weighted by Gasteiger charge is -2.23. The molecular weight excluding hydrogens is 168 g/mol. The average Bonchev–Trinajstić information content (AvgIpc) is 2.17. The van der Waals surface area contributed by atoms with Crippen molar-refractivity contribution in [1.29, 1.82) is 0 Å². The molecule has 0 saturated carbocycles. The highest BCUT2D eigenvalue weighted by Crippen LogP contribution is 2.05. The minimum absolute atomic E-state index is 0.0603. The van der Waals surface area contributed by atoms with E-state index in [1.54, 1.807) is 0 Å². The number of amides is 1. The first-order valence-corrected chi connectivity index (χ1v) is 4.94. The van der Waals surface area contributed by atoms with Gasteiger partial charge < -0.3 is 15.7 Å². The fourth-order valence-corrected chi connectivity index (χ4v) is 1.53. The van der Waals surface area contributed by atoms with E-state index in [0.717, 1.165) is 13.0 Å². The summed E-state index contributed by atoms with van der Waals surface area (Å²) in [7, 11) is 0. The van der Waals surface area contributed by atoms with Gasteiger partial charge in [-0.05, 0) is 19.4 Å². The number of aliphatic hydroxyl groups excluding tert-OH is 1. The van der Waals surface area contributed by atoms with Gasteiger partial charge in [0.05, 0.1) is 6.61 Å². The number of hydrogen-bond donors (Lipinski definition) is 3. The van der Waals surface area contributed by atoms with E-state index in [9.17, 15) is 4.79 Å². The maximum absolute atomic E-state index is 11.0. The van der Waals surface area contributed by atoms with Crippen LogP contribution in [0.15, 0.2) is 0 Å². The molecule has 1 heterocycles. The van der Waals surface area contributed by atoms with Gasteiger partial charge in [-0.2, -0.15) is 0 Å². The molecule has 0 aromatic heterocycles.